The van der Waals surface area contributed by atoms with E-state index in [1.807, 2.05) is 72.8 Å². The zero-order valence-electron chi connectivity index (χ0n) is 13.7. The number of hydrogen-bond acceptors (Lipinski definition) is 3. The molecule has 1 amide bonds. The van der Waals surface area contributed by atoms with E-state index < -0.39 is 0 Å². The van der Waals surface area contributed by atoms with E-state index >= 15 is 0 Å². The molecule has 0 bridgehead atoms. The highest BCUT2D eigenvalue weighted by atomic mass is 32.2. The fourth-order valence-electron chi connectivity index (χ4n) is 2.45. The van der Waals surface area contributed by atoms with Crippen LogP contribution in [-0.2, 0) is 0 Å². The molecular formula is C21H16N2OS. The molecule has 25 heavy (non-hydrogen) atoms. The Balaban J connectivity index is 1.94. The van der Waals surface area contributed by atoms with Gasteiger partial charge in [0, 0.05) is 22.5 Å². The van der Waals surface area contributed by atoms with Crippen LogP contribution < -0.4 is 4.90 Å². The van der Waals surface area contributed by atoms with E-state index in [1.165, 1.54) is 11.8 Å². The van der Waals surface area contributed by atoms with Crippen LogP contribution in [0.5, 0.6) is 0 Å². The number of nitrogens with zero attached hydrogens (tertiary/aromatic N) is 2. The molecule has 0 aliphatic rings. The van der Waals surface area contributed by atoms with E-state index in [9.17, 15) is 10.1 Å². The molecule has 0 unspecified atom stereocenters. The Kier molecular flexibility index (Phi) is 5.17. The third-order valence-electron chi connectivity index (χ3n) is 3.79. The van der Waals surface area contributed by atoms with E-state index in [1.54, 1.807) is 18.0 Å². The van der Waals surface area contributed by atoms with Crippen LogP contribution in [0.1, 0.15) is 15.9 Å². The number of hydrogen-bond donors (Lipinski definition) is 0. The maximum absolute atomic E-state index is 13.0. The Morgan fingerprint density at radius 2 is 1.48 bits per heavy atom. The number of anilines is 1. The van der Waals surface area contributed by atoms with Crippen LogP contribution in [0.4, 0.5) is 5.69 Å². The van der Waals surface area contributed by atoms with E-state index in [4.69, 9.17) is 0 Å². The molecule has 0 N–H and O–H groups in total. The van der Waals surface area contributed by atoms with Gasteiger partial charge in [-0.25, -0.2) is 0 Å². The molecule has 0 atom stereocenters. The summed E-state index contributed by atoms with van der Waals surface area (Å²) in [6.45, 7) is 0. The molecule has 3 aromatic carbocycles. The maximum Gasteiger partial charge on any atom is 0.259 e. The second-order valence-electron chi connectivity index (χ2n) is 5.41. The highest BCUT2D eigenvalue weighted by Gasteiger charge is 2.18. The molecule has 3 nitrogen and oxygen atoms in total. The van der Waals surface area contributed by atoms with Crippen molar-refractivity contribution in [2.24, 2.45) is 0 Å². The van der Waals surface area contributed by atoms with Gasteiger partial charge in [0.25, 0.3) is 5.91 Å². The lowest BCUT2D eigenvalue weighted by Crippen LogP contribution is -2.26. The molecule has 3 aromatic rings. The van der Waals surface area contributed by atoms with Gasteiger partial charge in [-0.05, 0) is 36.4 Å². The van der Waals surface area contributed by atoms with Crippen molar-refractivity contribution in [3.05, 3.63) is 90.0 Å². The van der Waals surface area contributed by atoms with Crippen LogP contribution >= 0.6 is 11.8 Å². The zero-order valence-corrected chi connectivity index (χ0v) is 14.5. The first kappa shape index (κ1) is 16.8. The van der Waals surface area contributed by atoms with Gasteiger partial charge in [0.05, 0.1) is 11.1 Å². The molecule has 0 fully saturated rings. The van der Waals surface area contributed by atoms with Crippen molar-refractivity contribution in [2.45, 2.75) is 9.79 Å². The topological polar surface area (TPSA) is 44.1 Å². The Labute approximate surface area is 151 Å². The van der Waals surface area contributed by atoms with E-state index in [0.717, 1.165) is 15.5 Å². The van der Waals surface area contributed by atoms with Crippen molar-refractivity contribution in [1.82, 2.24) is 0 Å². The van der Waals surface area contributed by atoms with Gasteiger partial charge >= 0.3 is 0 Å². The molecular weight excluding hydrogens is 328 g/mol. The first-order chi connectivity index (χ1) is 12.2. The first-order valence-electron chi connectivity index (χ1n) is 7.80. The predicted octanol–water partition coefficient (Wildman–Crippen LogP) is 4.99. The second kappa shape index (κ2) is 7.69. The van der Waals surface area contributed by atoms with E-state index in [-0.39, 0.29) is 5.91 Å². The van der Waals surface area contributed by atoms with Crippen molar-refractivity contribution in [3.63, 3.8) is 0 Å². The van der Waals surface area contributed by atoms with Crippen LogP contribution in [0.15, 0.2) is 88.7 Å². The third kappa shape index (κ3) is 3.73. The van der Waals surface area contributed by atoms with Crippen LogP contribution in [0.25, 0.3) is 0 Å². The smallest absolute Gasteiger partial charge is 0.259 e. The minimum Gasteiger partial charge on any atom is -0.311 e. The molecule has 0 saturated heterocycles. The van der Waals surface area contributed by atoms with Crippen LogP contribution in [0.3, 0.4) is 0 Å². The normalized spacial score (nSPS) is 10.1. The summed E-state index contributed by atoms with van der Waals surface area (Å²) in [6, 6.07) is 26.6. The Hall–Kier alpha value is -3.03. The SMILES string of the molecule is CN(C(=O)c1ccccc1Sc1ccccc1C#N)c1ccccc1. The van der Waals surface area contributed by atoms with E-state index in [2.05, 4.69) is 6.07 Å². The van der Waals surface area contributed by atoms with Gasteiger partial charge in [-0.2, -0.15) is 5.26 Å². The lowest BCUT2D eigenvalue weighted by molar-refractivity contribution is 0.0990. The molecule has 0 aromatic heterocycles. The van der Waals surface area contributed by atoms with Gasteiger partial charge < -0.3 is 4.90 Å². The average Bonchev–Trinajstić information content (AvgIpc) is 2.68. The summed E-state index contributed by atoms with van der Waals surface area (Å²) in [7, 11) is 1.77. The van der Waals surface area contributed by atoms with Crippen molar-refractivity contribution in [1.29, 1.82) is 5.26 Å². The minimum absolute atomic E-state index is 0.0799. The van der Waals surface area contributed by atoms with Crippen molar-refractivity contribution in [3.8, 4) is 6.07 Å². The number of nitriles is 1. The van der Waals surface area contributed by atoms with Crippen LogP contribution in [0.2, 0.25) is 0 Å². The summed E-state index contributed by atoms with van der Waals surface area (Å²) in [5.74, 6) is -0.0799. The van der Waals surface area contributed by atoms with Gasteiger partial charge in [-0.1, -0.05) is 54.2 Å². The van der Waals surface area contributed by atoms with Crippen molar-refractivity contribution in [2.75, 3.05) is 11.9 Å². The summed E-state index contributed by atoms with van der Waals surface area (Å²) in [5.41, 5.74) is 2.06. The van der Waals surface area contributed by atoms with Crippen LogP contribution in [0, 0.1) is 11.3 Å². The third-order valence-corrected chi connectivity index (χ3v) is 4.94. The number of carbonyl (C=O) groups is 1. The number of rotatable bonds is 4. The number of benzene rings is 3. The zero-order chi connectivity index (χ0) is 17.6. The van der Waals surface area contributed by atoms with Gasteiger partial charge in [0.15, 0.2) is 0 Å². The van der Waals surface area contributed by atoms with E-state index in [0.29, 0.717) is 11.1 Å². The van der Waals surface area contributed by atoms with Gasteiger partial charge in [-0.3, -0.25) is 4.79 Å². The van der Waals surface area contributed by atoms with Gasteiger partial charge in [0.1, 0.15) is 6.07 Å². The van der Waals surface area contributed by atoms with Crippen molar-refractivity contribution < 1.29 is 4.79 Å². The highest BCUT2D eigenvalue weighted by Crippen LogP contribution is 2.33. The summed E-state index contributed by atoms with van der Waals surface area (Å²) in [4.78, 5) is 16.3. The summed E-state index contributed by atoms with van der Waals surface area (Å²) < 4.78 is 0. The molecule has 0 aliphatic carbocycles. The summed E-state index contributed by atoms with van der Waals surface area (Å²) >= 11 is 1.44. The molecule has 0 heterocycles. The monoisotopic (exact) mass is 344 g/mol. The Bertz CT molecular complexity index is 932. The average molecular weight is 344 g/mol. The largest absolute Gasteiger partial charge is 0.311 e. The molecule has 122 valence electrons. The Morgan fingerprint density at radius 3 is 2.20 bits per heavy atom. The van der Waals surface area contributed by atoms with Crippen molar-refractivity contribution >= 4 is 23.4 Å². The van der Waals surface area contributed by atoms with Gasteiger partial charge in [-0.15, -0.1) is 0 Å². The Morgan fingerprint density at radius 1 is 0.880 bits per heavy atom. The van der Waals surface area contributed by atoms with Gasteiger partial charge in [0.2, 0.25) is 0 Å². The molecule has 4 heteroatoms. The first-order valence-corrected chi connectivity index (χ1v) is 8.61. The minimum atomic E-state index is -0.0799. The molecule has 0 saturated carbocycles. The maximum atomic E-state index is 13.0. The van der Waals surface area contributed by atoms with Crippen LogP contribution in [-0.4, -0.2) is 13.0 Å². The standard InChI is InChI=1S/C21H16N2OS/c1-23(17-10-3-2-4-11-17)21(24)18-12-6-8-14-20(18)25-19-13-7-5-9-16(19)15-22/h2-14H,1H3. The summed E-state index contributed by atoms with van der Waals surface area (Å²) in [6.07, 6.45) is 0. The summed E-state index contributed by atoms with van der Waals surface area (Å²) in [5, 5.41) is 9.27. The number of carbonyl (C=O) groups excluding carboxylic acids is 1. The number of para-hydroxylation sites is 1. The molecule has 3 rings (SSSR count). The molecule has 0 spiro atoms. The number of amides is 1. The fraction of sp³-hybridized carbons (Fsp3) is 0.0476. The fourth-order valence-corrected chi connectivity index (χ4v) is 3.47. The second-order valence-corrected chi connectivity index (χ2v) is 6.49. The highest BCUT2D eigenvalue weighted by molar-refractivity contribution is 7.99. The molecule has 0 aliphatic heterocycles. The lowest BCUT2D eigenvalue weighted by Gasteiger charge is -2.19. The lowest BCUT2D eigenvalue weighted by atomic mass is 10.2. The molecule has 0 radical (unpaired) electrons. The predicted molar refractivity (Wildman–Crippen MR) is 101 cm³/mol. The quantitative estimate of drug-likeness (QED) is 0.670.